The number of aromatic nitrogens is 1. The van der Waals surface area contributed by atoms with Gasteiger partial charge < -0.3 is 10.2 Å². The number of hydrogen-bond donors (Lipinski definition) is 1. The van der Waals surface area contributed by atoms with E-state index in [0.29, 0.717) is 49.5 Å². The zero-order valence-electron chi connectivity index (χ0n) is 24.6. The van der Waals surface area contributed by atoms with Crippen LogP contribution in [0.4, 0.5) is 0 Å². The van der Waals surface area contributed by atoms with Gasteiger partial charge in [-0.25, -0.2) is 12.4 Å². The van der Waals surface area contributed by atoms with Gasteiger partial charge in [-0.05, 0) is 56.9 Å². The van der Waals surface area contributed by atoms with E-state index in [-0.39, 0.29) is 17.9 Å². The predicted octanol–water partition coefficient (Wildman–Crippen LogP) is 4.79. The molecule has 214 valence electrons. The van der Waals surface area contributed by atoms with E-state index in [9.17, 15) is 18.0 Å². The fourth-order valence-corrected chi connectivity index (χ4v) is 6.45. The molecule has 1 aromatic carbocycles. The van der Waals surface area contributed by atoms with Crippen LogP contribution in [0.1, 0.15) is 95.3 Å². The molecule has 9 heteroatoms. The largest absolute Gasteiger partial charge is 0.354 e. The maximum absolute atomic E-state index is 13.2. The van der Waals surface area contributed by atoms with Gasteiger partial charge in [-0.1, -0.05) is 34.1 Å². The Hall–Kier alpha value is -2.39. The first kappa shape index (κ1) is 31.8. The molecule has 0 bridgehead atoms. The summed E-state index contributed by atoms with van der Waals surface area (Å²) in [6.07, 6.45) is 6.13. The second-order valence-electron chi connectivity index (χ2n) is 10.3. The molecule has 2 heterocycles. The van der Waals surface area contributed by atoms with Crippen molar-refractivity contribution in [3.8, 4) is 0 Å². The van der Waals surface area contributed by atoms with E-state index in [1.165, 1.54) is 10.2 Å². The number of carbonyl (C=O) groups is 2. The average Bonchev–Trinajstić information content (AvgIpc) is 3.21. The van der Waals surface area contributed by atoms with Gasteiger partial charge in [-0.3, -0.25) is 14.5 Å². The van der Waals surface area contributed by atoms with Crippen LogP contribution in [0.5, 0.6) is 0 Å². The van der Waals surface area contributed by atoms with Crippen molar-refractivity contribution < 1.29 is 18.0 Å². The van der Waals surface area contributed by atoms with Crippen molar-refractivity contribution in [1.29, 1.82) is 0 Å². The number of nitrogens with one attached hydrogen (secondary N) is 1. The van der Waals surface area contributed by atoms with Gasteiger partial charge in [0, 0.05) is 68.3 Å². The van der Waals surface area contributed by atoms with Crippen molar-refractivity contribution >= 4 is 32.7 Å². The Morgan fingerprint density at radius 2 is 1.84 bits per heavy atom. The zero-order chi connectivity index (χ0) is 28.6. The number of rotatable bonds is 11. The van der Waals surface area contributed by atoms with Crippen LogP contribution < -0.4 is 5.32 Å². The number of hydrogen-bond acceptors (Lipinski definition) is 5. The molecule has 0 radical (unpaired) electrons. The van der Waals surface area contributed by atoms with Gasteiger partial charge in [0.25, 0.3) is 5.91 Å². The number of amides is 2. The molecule has 0 spiro atoms. The fourth-order valence-electron chi connectivity index (χ4n) is 5.33. The van der Waals surface area contributed by atoms with Crippen LogP contribution in [-0.2, 0) is 27.8 Å². The molecule has 1 aromatic heterocycles. The molecule has 3 rings (SSSR count). The summed E-state index contributed by atoms with van der Waals surface area (Å²) in [5, 5.41) is 3.70. The molecule has 0 fully saturated rings. The number of fused-ring (bicyclic) bond motifs is 3. The number of carbonyl (C=O) groups excluding carboxylic acids is 2. The second-order valence-corrected chi connectivity index (χ2v) is 12.1. The molecule has 38 heavy (non-hydrogen) atoms. The first-order valence-electron chi connectivity index (χ1n) is 14.1. The lowest BCUT2D eigenvalue weighted by molar-refractivity contribution is -0.121. The molecule has 1 atom stereocenters. The Morgan fingerprint density at radius 3 is 2.42 bits per heavy atom. The van der Waals surface area contributed by atoms with E-state index in [1.807, 2.05) is 33.8 Å². The van der Waals surface area contributed by atoms with Crippen molar-refractivity contribution in [2.75, 3.05) is 26.4 Å². The zero-order valence-corrected chi connectivity index (χ0v) is 25.5. The Morgan fingerprint density at radius 1 is 1.16 bits per heavy atom. The van der Waals surface area contributed by atoms with Crippen LogP contribution in [0, 0.1) is 0 Å². The van der Waals surface area contributed by atoms with Crippen molar-refractivity contribution in [2.45, 2.75) is 98.7 Å². The molecule has 0 saturated carbocycles. The van der Waals surface area contributed by atoms with Gasteiger partial charge in [0.15, 0.2) is 0 Å². The molecule has 1 unspecified atom stereocenters. The molecule has 1 aliphatic rings. The van der Waals surface area contributed by atoms with Crippen molar-refractivity contribution in [3.63, 3.8) is 0 Å². The standard InChI is InChI=1S/C27H42N4O4S.C2H6/c1-7-10-21(8-2)30-16-14-25-23(18-30)22-17-20(12-13-24(22)31(25)36(6,34)35)27(33)29(5)15-9-11-26(32)28-19(3)4;1-2/h12-13,17,19,21H,7-11,14-16,18H2,1-6H3,(H,28,32);1-2H3. The highest BCUT2D eigenvalue weighted by Gasteiger charge is 2.30. The quantitative estimate of drug-likeness (QED) is 0.436. The van der Waals surface area contributed by atoms with Crippen LogP contribution in [0.2, 0.25) is 0 Å². The minimum Gasteiger partial charge on any atom is -0.354 e. The maximum atomic E-state index is 13.2. The molecule has 1 aliphatic heterocycles. The van der Waals surface area contributed by atoms with Gasteiger partial charge in [-0.2, -0.15) is 0 Å². The van der Waals surface area contributed by atoms with Crippen molar-refractivity contribution in [1.82, 2.24) is 19.1 Å². The molecular weight excluding hydrogens is 500 g/mol. The van der Waals surface area contributed by atoms with Crippen LogP contribution in [-0.4, -0.2) is 72.5 Å². The third-order valence-electron chi connectivity index (χ3n) is 7.01. The van der Waals surface area contributed by atoms with E-state index in [2.05, 4.69) is 24.1 Å². The second kappa shape index (κ2) is 14.1. The van der Waals surface area contributed by atoms with E-state index in [1.54, 1.807) is 24.1 Å². The minimum atomic E-state index is -3.49. The van der Waals surface area contributed by atoms with Gasteiger partial charge in [0.05, 0.1) is 11.8 Å². The van der Waals surface area contributed by atoms with E-state index in [0.717, 1.165) is 42.5 Å². The topological polar surface area (TPSA) is 91.7 Å². The van der Waals surface area contributed by atoms with E-state index in [4.69, 9.17) is 0 Å². The summed E-state index contributed by atoms with van der Waals surface area (Å²) in [5.74, 6) is -0.147. The Bertz CT molecular complexity index is 1200. The first-order chi connectivity index (χ1) is 18.0. The minimum absolute atomic E-state index is 0.0148. The molecule has 8 nitrogen and oxygen atoms in total. The third kappa shape index (κ3) is 7.59. The Kier molecular flexibility index (Phi) is 11.8. The van der Waals surface area contributed by atoms with Crippen LogP contribution in [0.3, 0.4) is 0 Å². The first-order valence-corrected chi connectivity index (χ1v) is 16.0. The summed E-state index contributed by atoms with van der Waals surface area (Å²) in [6.45, 7) is 14.2. The van der Waals surface area contributed by atoms with Crippen LogP contribution in [0.15, 0.2) is 18.2 Å². The summed E-state index contributed by atoms with van der Waals surface area (Å²) in [7, 11) is -1.76. The van der Waals surface area contributed by atoms with Crippen LogP contribution in [0.25, 0.3) is 10.9 Å². The summed E-state index contributed by atoms with van der Waals surface area (Å²) < 4.78 is 27.0. The smallest absolute Gasteiger partial charge is 0.253 e. The Balaban J connectivity index is 0.00000247. The SMILES string of the molecule is CC.CCCC(CC)N1CCc2c(c3cc(C(=O)N(C)CCCC(=O)NC(C)C)ccc3n2S(C)(=O)=O)C1. The van der Waals surface area contributed by atoms with E-state index >= 15 is 0 Å². The molecule has 2 aromatic rings. The normalized spacial score (nSPS) is 14.6. The lowest BCUT2D eigenvalue weighted by Gasteiger charge is -2.34. The average molecular weight is 549 g/mol. The Labute approximate surface area is 229 Å². The fraction of sp³-hybridized carbons (Fsp3) is 0.655. The molecule has 0 saturated heterocycles. The highest BCUT2D eigenvalue weighted by molar-refractivity contribution is 7.89. The summed E-state index contributed by atoms with van der Waals surface area (Å²) in [5.41, 5.74) is 3.02. The maximum Gasteiger partial charge on any atom is 0.253 e. The molecular formula is C29H48N4O4S. The van der Waals surface area contributed by atoms with Crippen molar-refractivity contribution in [2.24, 2.45) is 0 Å². The van der Waals surface area contributed by atoms with Gasteiger partial charge in [-0.15, -0.1) is 0 Å². The third-order valence-corrected chi connectivity index (χ3v) is 8.09. The summed E-state index contributed by atoms with van der Waals surface area (Å²) in [4.78, 5) is 29.2. The summed E-state index contributed by atoms with van der Waals surface area (Å²) >= 11 is 0. The number of benzene rings is 1. The number of nitrogens with zero attached hydrogens (tertiary/aromatic N) is 3. The van der Waals surface area contributed by atoms with Gasteiger partial charge >= 0.3 is 0 Å². The van der Waals surface area contributed by atoms with Gasteiger partial charge in [0.1, 0.15) is 0 Å². The molecule has 0 aliphatic carbocycles. The monoisotopic (exact) mass is 548 g/mol. The highest BCUT2D eigenvalue weighted by Crippen LogP contribution is 2.34. The molecule has 1 N–H and O–H groups in total. The summed E-state index contributed by atoms with van der Waals surface area (Å²) in [6, 6.07) is 5.89. The molecule has 2 amide bonds. The van der Waals surface area contributed by atoms with Gasteiger partial charge in [0.2, 0.25) is 15.9 Å². The lowest BCUT2D eigenvalue weighted by Crippen LogP contribution is -2.39. The predicted molar refractivity (Wildman–Crippen MR) is 156 cm³/mol. The highest BCUT2D eigenvalue weighted by atomic mass is 32.2. The lowest BCUT2D eigenvalue weighted by atomic mass is 9.99. The van der Waals surface area contributed by atoms with Crippen LogP contribution >= 0.6 is 0 Å². The van der Waals surface area contributed by atoms with Crippen molar-refractivity contribution in [3.05, 3.63) is 35.0 Å². The van der Waals surface area contributed by atoms with E-state index < -0.39 is 10.0 Å².